The van der Waals surface area contributed by atoms with E-state index in [0.717, 1.165) is 13.0 Å². The first-order valence-corrected chi connectivity index (χ1v) is 21.7. The molecule has 3 nitrogen and oxygen atoms in total. The number of hydrogen-bond donors (Lipinski definition) is 1. The van der Waals surface area contributed by atoms with Crippen LogP contribution in [0.5, 0.6) is 0 Å². The van der Waals surface area contributed by atoms with E-state index in [4.69, 9.17) is 4.74 Å². The Kier molecular flexibility index (Phi) is 19.0. The van der Waals surface area contributed by atoms with E-state index in [1.807, 2.05) is 0 Å². The summed E-state index contributed by atoms with van der Waals surface area (Å²) in [6.07, 6.45) is -23.2. The summed E-state index contributed by atoms with van der Waals surface area (Å²) < 4.78 is 470. The highest BCUT2D eigenvalue weighted by molar-refractivity contribution is 7.99. The average molecular weight is 1230 g/mol. The van der Waals surface area contributed by atoms with Crippen molar-refractivity contribution in [2.24, 2.45) is 5.92 Å². The Labute approximate surface area is 409 Å². The number of aryl methyl sites for hydroxylation is 1. The molecule has 1 aromatic rings. The van der Waals surface area contributed by atoms with Crippen molar-refractivity contribution >= 4 is 35.3 Å². The fourth-order valence-corrected chi connectivity index (χ4v) is 8.10. The van der Waals surface area contributed by atoms with Crippen LogP contribution < -0.4 is 5.32 Å². The zero-order chi connectivity index (χ0) is 60.4. The highest BCUT2D eigenvalue weighted by Crippen LogP contribution is 2.66. The largest absolute Gasteiger partial charge is 0.460 e. The average Bonchev–Trinajstić information content (AvgIpc) is 3.24. The van der Waals surface area contributed by atoms with Crippen LogP contribution in [-0.4, -0.2) is 124 Å². The number of benzene rings is 1. The monoisotopic (exact) mass is 1230 g/mol. The van der Waals surface area contributed by atoms with Gasteiger partial charge in [0.2, 0.25) is 0 Å². The van der Waals surface area contributed by atoms with E-state index in [9.17, 15) is 154 Å². The lowest BCUT2D eigenvalue weighted by Crippen LogP contribution is -2.74. The number of halogens is 34. The summed E-state index contributed by atoms with van der Waals surface area (Å²) in [5.41, 5.74) is -0.282. The van der Waals surface area contributed by atoms with Crippen LogP contribution in [0.4, 0.5) is 160 Å². The fraction of sp³-hybridized carbons (Fsp3) is 0.703. The van der Waals surface area contributed by atoms with Gasteiger partial charge in [-0.25, -0.2) is 4.79 Å². The number of carbonyl (C=O) groups is 1. The molecule has 0 aliphatic heterocycles. The van der Waals surface area contributed by atoms with Crippen LogP contribution in [0.15, 0.2) is 47.2 Å². The Morgan fingerprint density at radius 3 is 1.13 bits per heavy atom. The van der Waals surface area contributed by atoms with Crippen LogP contribution in [0.25, 0.3) is 0 Å². The van der Waals surface area contributed by atoms with Gasteiger partial charge in [-0.15, -0.1) is 0 Å². The standard InChI is InChI=1S/C37H27F34NO2S2/c1-15-3-5-19(6-4-15)72-21(73)74-20-16(2)11-17(13-75-9-7-22(38,39)24(42,43)26(46,47)28(50,51)30(54,55)32(58,59)34(62,63)36(66,67)68)12-18(20)14-76-10-8-23(40,41)25(44,45)27(48,49)29(52,53)31(56,57)33(60,61)35(64,65)37(69,70)71/h3-6,11,17H,7-10,12-14H2,1-2H3,(H,72,73). The summed E-state index contributed by atoms with van der Waals surface area (Å²) in [7, 11) is 0. The molecule has 1 aliphatic rings. The lowest BCUT2D eigenvalue weighted by molar-refractivity contribution is -0.461. The number of anilines is 1. The topological polar surface area (TPSA) is 38.3 Å². The molecule has 1 N–H and O–H groups in total. The number of thioether (sulfide) groups is 2. The van der Waals surface area contributed by atoms with Crippen molar-refractivity contribution in [3.8, 4) is 0 Å². The highest BCUT2D eigenvalue weighted by atomic mass is 32.2. The molecule has 76 heavy (non-hydrogen) atoms. The minimum atomic E-state index is -8.91. The third-order valence-corrected chi connectivity index (χ3v) is 12.7. The number of hydrogen-bond acceptors (Lipinski definition) is 4. The molecule has 1 atom stereocenters. The van der Waals surface area contributed by atoms with Gasteiger partial charge >= 0.3 is 101 Å². The van der Waals surface area contributed by atoms with Crippen LogP contribution in [0.1, 0.15) is 31.7 Å². The van der Waals surface area contributed by atoms with Crippen LogP contribution in [0.2, 0.25) is 0 Å². The molecule has 39 heteroatoms. The van der Waals surface area contributed by atoms with Gasteiger partial charge in [0.05, 0.1) is 0 Å². The zero-order valence-corrected chi connectivity index (χ0v) is 38.0. The summed E-state index contributed by atoms with van der Waals surface area (Å²) in [5, 5.41) is 2.11. The van der Waals surface area contributed by atoms with Gasteiger partial charge in [0.15, 0.2) is 0 Å². The maximum atomic E-state index is 14.6. The number of ether oxygens (including phenoxy) is 1. The predicted octanol–water partition coefficient (Wildman–Crippen LogP) is 17.0. The molecule has 1 aromatic carbocycles. The molecular weight excluding hydrogens is 1200 g/mol. The highest BCUT2D eigenvalue weighted by Gasteiger charge is 2.97. The van der Waals surface area contributed by atoms with E-state index >= 15 is 0 Å². The van der Waals surface area contributed by atoms with Crippen molar-refractivity contribution in [1.82, 2.24) is 0 Å². The van der Waals surface area contributed by atoms with Crippen LogP contribution in [-0.2, 0) is 4.74 Å². The Bertz CT molecular complexity index is 2260. The number of allylic oxidation sites excluding steroid dienone is 2. The lowest BCUT2D eigenvalue weighted by Gasteiger charge is -2.42. The van der Waals surface area contributed by atoms with E-state index in [1.165, 1.54) is 24.3 Å². The second-order valence-electron chi connectivity index (χ2n) is 16.1. The molecule has 0 heterocycles. The molecule has 0 radical (unpaired) electrons. The molecule has 442 valence electrons. The maximum Gasteiger partial charge on any atom is 0.460 e. The molecule has 1 unspecified atom stereocenters. The molecular formula is C37H27F34NO2S2. The zero-order valence-electron chi connectivity index (χ0n) is 36.4. The molecule has 0 bridgehead atoms. The van der Waals surface area contributed by atoms with Crippen LogP contribution >= 0.6 is 23.5 Å². The number of carbonyl (C=O) groups excluding carboxylic acids is 1. The molecule has 1 amide bonds. The summed E-state index contributed by atoms with van der Waals surface area (Å²) in [4.78, 5) is 12.7. The van der Waals surface area contributed by atoms with E-state index < -0.39 is 161 Å². The van der Waals surface area contributed by atoms with Gasteiger partial charge in [-0.2, -0.15) is 173 Å². The quantitative estimate of drug-likeness (QED) is 0.0827. The maximum absolute atomic E-state index is 14.6. The molecule has 1 aliphatic carbocycles. The number of amides is 1. The van der Waals surface area contributed by atoms with Crippen molar-refractivity contribution < 1.29 is 159 Å². The van der Waals surface area contributed by atoms with Gasteiger partial charge in [0.25, 0.3) is 0 Å². The summed E-state index contributed by atoms with van der Waals surface area (Å²) in [5.74, 6) is -124. The normalized spacial score (nSPS) is 17.5. The Morgan fingerprint density at radius 1 is 0.474 bits per heavy atom. The second kappa shape index (κ2) is 21.1. The smallest absolute Gasteiger partial charge is 0.410 e. The van der Waals surface area contributed by atoms with E-state index in [1.54, 1.807) is 6.92 Å². The predicted molar refractivity (Wildman–Crippen MR) is 195 cm³/mol. The van der Waals surface area contributed by atoms with Gasteiger partial charge < -0.3 is 4.74 Å². The summed E-state index contributed by atoms with van der Waals surface area (Å²) in [6, 6.07) is 5.30. The third kappa shape index (κ3) is 11.4. The van der Waals surface area contributed by atoms with Gasteiger partial charge in [0, 0.05) is 24.3 Å². The first-order chi connectivity index (χ1) is 33.3. The number of nitrogens with one attached hydrogen (secondary N) is 1. The van der Waals surface area contributed by atoms with Gasteiger partial charge in [0.1, 0.15) is 5.76 Å². The van der Waals surface area contributed by atoms with Crippen molar-refractivity contribution in [3.05, 3.63) is 52.8 Å². The first-order valence-electron chi connectivity index (χ1n) is 19.4. The molecule has 2 rings (SSSR count). The minimum absolute atomic E-state index is 0.0431. The van der Waals surface area contributed by atoms with E-state index in [0.29, 0.717) is 5.56 Å². The Hall–Kier alpha value is -3.71. The fourth-order valence-electron chi connectivity index (χ4n) is 5.97. The molecule has 0 saturated heterocycles. The number of alkyl halides is 34. The molecule has 0 aromatic heterocycles. The van der Waals surface area contributed by atoms with Crippen LogP contribution in [0.3, 0.4) is 0 Å². The first kappa shape index (κ1) is 68.4. The van der Waals surface area contributed by atoms with Crippen molar-refractivity contribution in [2.45, 2.75) is 128 Å². The van der Waals surface area contributed by atoms with Gasteiger partial charge in [-0.1, -0.05) is 23.8 Å². The minimum Gasteiger partial charge on any atom is -0.410 e. The SMILES string of the molecule is CC1=CC(CSCCC(F)(F)C(F)(F)C(F)(F)C(F)(F)C(F)(F)C(F)(F)C(F)(F)C(F)(F)F)CC(CSCCC(F)(F)C(F)(F)C(F)(F)C(F)(F)C(F)(F)C(F)(F)C(F)(F)C(F)(F)F)=C1OC(=O)Nc1ccc(C)cc1. The Morgan fingerprint density at radius 2 is 0.789 bits per heavy atom. The summed E-state index contributed by atoms with van der Waals surface area (Å²) in [6.45, 7) is 2.52. The molecule has 0 fully saturated rings. The van der Waals surface area contributed by atoms with Crippen molar-refractivity contribution in [3.63, 3.8) is 0 Å². The van der Waals surface area contributed by atoms with Crippen LogP contribution in [0, 0.1) is 12.8 Å². The second-order valence-corrected chi connectivity index (χ2v) is 18.3. The van der Waals surface area contributed by atoms with Crippen molar-refractivity contribution in [1.29, 1.82) is 0 Å². The van der Waals surface area contributed by atoms with Crippen molar-refractivity contribution in [2.75, 3.05) is 28.3 Å². The Balaban J connectivity index is 2.41. The molecule has 0 spiro atoms. The molecule has 0 saturated carbocycles. The lowest BCUT2D eigenvalue weighted by atomic mass is 9.88. The summed E-state index contributed by atoms with van der Waals surface area (Å²) >= 11 is -0.374. The van der Waals surface area contributed by atoms with Gasteiger partial charge in [-0.05, 0) is 66.7 Å². The third-order valence-electron chi connectivity index (χ3n) is 10.5. The van der Waals surface area contributed by atoms with E-state index in [-0.39, 0.29) is 34.8 Å². The van der Waals surface area contributed by atoms with Gasteiger partial charge in [-0.3, -0.25) is 5.32 Å². The van der Waals surface area contributed by atoms with E-state index in [2.05, 4.69) is 5.32 Å². The number of rotatable bonds is 24.